The zero-order valence-corrected chi connectivity index (χ0v) is 9.64. The van der Waals surface area contributed by atoms with Crippen molar-refractivity contribution in [1.82, 2.24) is 9.97 Å². The first-order valence-electron chi connectivity index (χ1n) is 5.64. The molecular formula is C14H13N3. The van der Waals surface area contributed by atoms with Crippen LogP contribution in [0, 0.1) is 6.92 Å². The third-order valence-electron chi connectivity index (χ3n) is 2.92. The van der Waals surface area contributed by atoms with Gasteiger partial charge in [0, 0.05) is 6.54 Å². The summed E-state index contributed by atoms with van der Waals surface area (Å²) in [5.41, 5.74) is 11.6. The highest BCUT2D eigenvalue weighted by Gasteiger charge is 2.04. The molecule has 2 N–H and O–H groups in total. The fourth-order valence-electron chi connectivity index (χ4n) is 2.03. The Balaban J connectivity index is 2.43. The molecule has 1 heterocycles. The molecule has 3 heteroatoms. The van der Waals surface area contributed by atoms with Crippen LogP contribution >= 0.6 is 0 Å². The van der Waals surface area contributed by atoms with Gasteiger partial charge in [0.05, 0.1) is 22.1 Å². The minimum Gasteiger partial charge on any atom is -0.326 e. The third-order valence-corrected chi connectivity index (χ3v) is 2.92. The second-order valence-corrected chi connectivity index (χ2v) is 4.20. The van der Waals surface area contributed by atoms with Crippen LogP contribution in [0.5, 0.6) is 0 Å². The topological polar surface area (TPSA) is 51.8 Å². The van der Waals surface area contributed by atoms with Crippen molar-refractivity contribution < 1.29 is 0 Å². The van der Waals surface area contributed by atoms with Crippen LogP contribution in [0.4, 0.5) is 0 Å². The van der Waals surface area contributed by atoms with Gasteiger partial charge in [-0.25, -0.2) is 9.97 Å². The molecular weight excluding hydrogens is 210 g/mol. The molecule has 0 fully saturated rings. The van der Waals surface area contributed by atoms with E-state index in [0.717, 1.165) is 27.6 Å². The number of hydrogen-bond acceptors (Lipinski definition) is 3. The average molecular weight is 223 g/mol. The van der Waals surface area contributed by atoms with Crippen molar-refractivity contribution >= 4 is 22.1 Å². The normalized spacial score (nSPS) is 11.2. The quantitative estimate of drug-likeness (QED) is 0.645. The number of fused-ring (bicyclic) bond motifs is 2. The number of benzene rings is 2. The lowest BCUT2D eigenvalue weighted by atomic mass is 10.1. The summed E-state index contributed by atoms with van der Waals surface area (Å²) in [6.45, 7) is 2.55. The molecule has 3 nitrogen and oxygen atoms in total. The Morgan fingerprint density at radius 2 is 1.88 bits per heavy atom. The van der Waals surface area contributed by atoms with Crippen LogP contribution < -0.4 is 5.73 Å². The van der Waals surface area contributed by atoms with Gasteiger partial charge >= 0.3 is 0 Å². The van der Waals surface area contributed by atoms with Gasteiger partial charge < -0.3 is 5.73 Å². The number of aromatic nitrogens is 2. The average Bonchev–Trinajstić information content (AvgIpc) is 2.35. The molecule has 17 heavy (non-hydrogen) atoms. The molecule has 3 aromatic rings. The maximum Gasteiger partial charge on any atom is 0.0939 e. The van der Waals surface area contributed by atoms with E-state index in [4.69, 9.17) is 5.73 Å². The van der Waals surface area contributed by atoms with Crippen molar-refractivity contribution in [3.05, 3.63) is 47.5 Å². The van der Waals surface area contributed by atoms with Crippen molar-refractivity contribution in [1.29, 1.82) is 0 Å². The summed E-state index contributed by atoms with van der Waals surface area (Å²) in [7, 11) is 0. The Morgan fingerprint density at radius 3 is 2.71 bits per heavy atom. The zero-order valence-electron chi connectivity index (χ0n) is 9.64. The first-order chi connectivity index (χ1) is 8.28. The Morgan fingerprint density at radius 1 is 1.00 bits per heavy atom. The molecule has 0 aliphatic rings. The van der Waals surface area contributed by atoms with Crippen LogP contribution in [0.1, 0.15) is 11.1 Å². The van der Waals surface area contributed by atoms with Gasteiger partial charge in [-0.2, -0.15) is 0 Å². The summed E-state index contributed by atoms with van der Waals surface area (Å²) < 4.78 is 0. The van der Waals surface area contributed by atoms with Gasteiger partial charge in [0.25, 0.3) is 0 Å². The van der Waals surface area contributed by atoms with E-state index in [9.17, 15) is 0 Å². The number of nitrogens with two attached hydrogens (primary N) is 1. The molecule has 0 unspecified atom stereocenters. The zero-order chi connectivity index (χ0) is 11.8. The Labute approximate surface area is 99.3 Å². The Bertz CT molecular complexity index is 704. The van der Waals surface area contributed by atoms with Crippen LogP contribution in [-0.4, -0.2) is 9.97 Å². The second kappa shape index (κ2) is 3.79. The smallest absolute Gasteiger partial charge is 0.0939 e. The fraction of sp³-hybridized carbons (Fsp3) is 0.143. The summed E-state index contributed by atoms with van der Waals surface area (Å²) in [5, 5.41) is 0. The van der Waals surface area contributed by atoms with Crippen LogP contribution in [0.15, 0.2) is 36.4 Å². The molecule has 84 valence electrons. The molecule has 3 rings (SSSR count). The number of para-hydroxylation sites is 1. The molecule has 0 saturated heterocycles. The van der Waals surface area contributed by atoms with Crippen molar-refractivity contribution in [2.24, 2.45) is 5.73 Å². The Kier molecular flexibility index (Phi) is 2.27. The summed E-state index contributed by atoms with van der Waals surface area (Å²) in [6, 6.07) is 12.1. The van der Waals surface area contributed by atoms with E-state index in [-0.39, 0.29) is 0 Å². The number of hydrogen-bond donors (Lipinski definition) is 1. The van der Waals surface area contributed by atoms with E-state index in [0.29, 0.717) is 6.54 Å². The van der Waals surface area contributed by atoms with E-state index in [1.54, 1.807) is 0 Å². The molecule has 0 radical (unpaired) electrons. The fourth-order valence-corrected chi connectivity index (χ4v) is 2.03. The van der Waals surface area contributed by atoms with Crippen molar-refractivity contribution in [2.45, 2.75) is 13.5 Å². The van der Waals surface area contributed by atoms with Crippen molar-refractivity contribution in [2.75, 3.05) is 0 Å². The summed E-state index contributed by atoms with van der Waals surface area (Å²) in [6.07, 6.45) is 0. The number of rotatable bonds is 1. The van der Waals surface area contributed by atoms with E-state index < -0.39 is 0 Å². The molecule has 0 saturated carbocycles. The van der Waals surface area contributed by atoms with Gasteiger partial charge in [-0.05, 0) is 36.2 Å². The van der Waals surface area contributed by atoms with Crippen LogP contribution in [-0.2, 0) is 6.54 Å². The summed E-state index contributed by atoms with van der Waals surface area (Å²) in [5.74, 6) is 0. The first kappa shape index (κ1) is 10.2. The standard InChI is InChI=1S/C14H13N3/c1-9-5-6-11-13(7-9)16-12-4-2-3-10(8-15)14(12)17-11/h2-7H,8,15H2,1H3. The lowest BCUT2D eigenvalue weighted by molar-refractivity contribution is 1.08. The van der Waals surface area contributed by atoms with Crippen LogP contribution in [0.2, 0.25) is 0 Å². The van der Waals surface area contributed by atoms with Crippen molar-refractivity contribution in [3.63, 3.8) is 0 Å². The second-order valence-electron chi connectivity index (χ2n) is 4.20. The highest BCUT2D eigenvalue weighted by Crippen LogP contribution is 2.19. The minimum absolute atomic E-state index is 0.489. The highest BCUT2D eigenvalue weighted by molar-refractivity contribution is 5.88. The maximum absolute atomic E-state index is 5.72. The van der Waals surface area contributed by atoms with E-state index >= 15 is 0 Å². The monoisotopic (exact) mass is 223 g/mol. The summed E-state index contributed by atoms with van der Waals surface area (Å²) in [4.78, 5) is 9.28. The maximum atomic E-state index is 5.72. The molecule has 0 atom stereocenters. The summed E-state index contributed by atoms with van der Waals surface area (Å²) >= 11 is 0. The predicted molar refractivity (Wildman–Crippen MR) is 69.7 cm³/mol. The lowest BCUT2D eigenvalue weighted by Gasteiger charge is -2.05. The lowest BCUT2D eigenvalue weighted by Crippen LogP contribution is -1.99. The van der Waals surface area contributed by atoms with Crippen molar-refractivity contribution in [3.8, 4) is 0 Å². The van der Waals surface area contributed by atoms with Crippen LogP contribution in [0.25, 0.3) is 22.1 Å². The Hall–Kier alpha value is -2.00. The molecule has 2 aromatic carbocycles. The van der Waals surface area contributed by atoms with Gasteiger partial charge in [0.1, 0.15) is 0 Å². The molecule has 0 amide bonds. The van der Waals surface area contributed by atoms with E-state index in [1.807, 2.05) is 30.3 Å². The predicted octanol–water partition coefficient (Wildman–Crippen LogP) is 2.55. The van der Waals surface area contributed by atoms with Gasteiger partial charge in [-0.3, -0.25) is 0 Å². The van der Waals surface area contributed by atoms with Gasteiger partial charge in [-0.15, -0.1) is 0 Å². The molecule has 0 aliphatic heterocycles. The van der Waals surface area contributed by atoms with E-state index in [2.05, 4.69) is 23.0 Å². The largest absolute Gasteiger partial charge is 0.326 e. The van der Waals surface area contributed by atoms with Crippen LogP contribution in [0.3, 0.4) is 0 Å². The molecule has 0 bridgehead atoms. The molecule has 1 aromatic heterocycles. The number of nitrogens with zero attached hydrogens (tertiary/aromatic N) is 2. The molecule has 0 aliphatic carbocycles. The third kappa shape index (κ3) is 1.65. The highest BCUT2D eigenvalue weighted by atomic mass is 14.8. The van der Waals surface area contributed by atoms with E-state index in [1.165, 1.54) is 5.56 Å². The SMILES string of the molecule is Cc1ccc2nc3c(CN)cccc3nc2c1. The van der Waals surface area contributed by atoms with Gasteiger partial charge in [0.15, 0.2) is 0 Å². The van der Waals surface area contributed by atoms with Gasteiger partial charge in [-0.1, -0.05) is 18.2 Å². The minimum atomic E-state index is 0.489. The number of aryl methyl sites for hydroxylation is 1. The first-order valence-corrected chi connectivity index (χ1v) is 5.64. The molecule has 0 spiro atoms. The van der Waals surface area contributed by atoms with Gasteiger partial charge in [0.2, 0.25) is 0 Å².